The van der Waals surface area contributed by atoms with Crippen molar-refractivity contribution in [3.8, 4) is 0 Å². The normalized spacial score (nSPS) is 25.6. The van der Waals surface area contributed by atoms with Gasteiger partial charge in [-0.3, -0.25) is 0 Å². The highest BCUT2D eigenvalue weighted by Gasteiger charge is 2.28. The Labute approximate surface area is 212 Å². The van der Waals surface area contributed by atoms with Crippen LogP contribution in [0.4, 0.5) is 0 Å². The molecule has 1 aromatic rings. The molecule has 0 amide bonds. The number of fused-ring (bicyclic) bond motifs is 1. The van der Waals surface area contributed by atoms with Gasteiger partial charge in [0.25, 0.3) is 0 Å². The first-order chi connectivity index (χ1) is 16.3. The third-order valence-electron chi connectivity index (χ3n) is 9.26. The molecule has 1 fully saturated rings. The molecular weight excluding hydrogens is 408 g/mol. The van der Waals surface area contributed by atoms with E-state index in [4.69, 9.17) is 0 Å². The second kappa shape index (κ2) is 12.9. The predicted octanol–water partition coefficient (Wildman–Crippen LogP) is 10.8. The van der Waals surface area contributed by atoms with Crippen LogP contribution in [0.15, 0.2) is 53.6 Å². The molecule has 2 aliphatic carbocycles. The van der Waals surface area contributed by atoms with Crippen molar-refractivity contribution in [1.29, 1.82) is 0 Å². The van der Waals surface area contributed by atoms with Gasteiger partial charge in [-0.05, 0) is 122 Å². The van der Waals surface area contributed by atoms with Crippen LogP contribution in [0, 0.1) is 31.6 Å². The highest BCUT2D eigenvalue weighted by atomic mass is 14.3. The molecule has 0 bridgehead atoms. The summed E-state index contributed by atoms with van der Waals surface area (Å²) in [6, 6.07) is 7.04. The molecule has 1 saturated carbocycles. The van der Waals surface area contributed by atoms with Crippen molar-refractivity contribution < 1.29 is 0 Å². The Morgan fingerprint density at radius 1 is 0.941 bits per heavy atom. The number of benzene rings is 1. The Hall–Kier alpha value is -1.56. The Balaban J connectivity index is 1.66. The molecule has 0 aliphatic heterocycles. The van der Waals surface area contributed by atoms with Crippen molar-refractivity contribution in [1.82, 2.24) is 0 Å². The van der Waals surface area contributed by atoms with Crippen LogP contribution in [-0.2, 0) is 0 Å². The van der Waals surface area contributed by atoms with Crippen LogP contribution >= 0.6 is 0 Å². The largest absolute Gasteiger partial charge is 0.0952 e. The second-order valence-corrected chi connectivity index (χ2v) is 11.9. The minimum Gasteiger partial charge on any atom is -0.0952 e. The quantitative estimate of drug-likeness (QED) is 0.344. The number of allylic oxidation sites excluding steroid dienone is 4. The summed E-state index contributed by atoms with van der Waals surface area (Å²) in [4.78, 5) is 0. The number of aryl methyl sites for hydroxylation is 2. The molecular formula is C34H52. The molecule has 2 aliphatic rings. The third-order valence-corrected chi connectivity index (χ3v) is 9.26. The fourth-order valence-electron chi connectivity index (χ4n) is 6.50. The first-order valence-corrected chi connectivity index (χ1v) is 14.5. The molecule has 3 rings (SSSR count). The van der Waals surface area contributed by atoms with Crippen molar-refractivity contribution in [3.05, 3.63) is 70.3 Å². The van der Waals surface area contributed by atoms with Gasteiger partial charge in [-0.15, -0.1) is 0 Å². The minimum absolute atomic E-state index is 0.643. The van der Waals surface area contributed by atoms with E-state index >= 15 is 0 Å². The van der Waals surface area contributed by atoms with E-state index in [0.717, 1.165) is 24.2 Å². The maximum atomic E-state index is 4.59. The summed E-state index contributed by atoms with van der Waals surface area (Å²) < 4.78 is 0. The summed E-state index contributed by atoms with van der Waals surface area (Å²) in [7, 11) is 0. The lowest BCUT2D eigenvalue weighted by Crippen LogP contribution is -2.19. The Morgan fingerprint density at radius 2 is 1.68 bits per heavy atom. The molecule has 0 nitrogen and oxygen atoms in total. The van der Waals surface area contributed by atoms with E-state index in [1.165, 1.54) is 110 Å². The SMILES string of the molecule is C=C(CC)/C1=C(\CCC(C)CCC(C)c2ccc(C)c(C)c2)CC2CCCCCC2CCC1=C. The molecule has 0 saturated heterocycles. The molecule has 0 N–H and O–H groups in total. The number of hydrogen-bond acceptors (Lipinski definition) is 0. The van der Waals surface area contributed by atoms with Crippen LogP contribution in [0.2, 0.25) is 0 Å². The predicted molar refractivity (Wildman–Crippen MR) is 151 cm³/mol. The van der Waals surface area contributed by atoms with Gasteiger partial charge in [-0.2, -0.15) is 0 Å². The van der Waals surface area contributed by atoms with Gasteiger partial charge in [0, 0.05) is 0 Å². The maximum absolute atomic E-state index is 4.59. The van der Waals surface area contributed by atoms with Crippen LogP contribution in [0.1, 0.15) is 127 Å². The zero-order chi connectivity index (χ0) is 24.7. The zero-order valence-corrected chi connectivity index (χ0v) is 23.1. The van der Waals surface area contributed by atoms with Gasteiger partial charge in [0.2, 0.25) is 0 Å². The molecule has 0 radical (unpaired) electrons. The van der Waals surface area contributed by atoms with Crippen molar-refractivity contribution in [3.63, 3.8) is 0 Å². The van der Waals surface area contributed by atoms with Gasteiger partial charge in [0.05, 0.1) is 0 Å². The Bertz CT molecular complexity index is 866. The van der Waals surface area contributed by atoms with Crippen LogP contribution in [0.5, 0.6) is 0 Å². The molecule has 1 aromatic carbocycles. The maximum Gasteiger partial charge on any atom is -0.0190 e. The summed E-state index contributed by atoms with van der Waals surface area (Å²) in [5.41, 5.74) is 10.3. The van der Waals surface area contributed by atoms with E-state index < -0.39 is 0 Å². The van der Waals surface area contributed by atoms with Crippen LogP contribution in [0.3, 0.4) is 0 Å². The molecule has 4 unspecified atom stereocenters. The van der Waals surface area contributed by atoms with Gasteiger partial charge < -0.3 is 0 Å². The number of rotatable bonds is 9. The van der Waals surface area contributed by atoms with Crippen LogP contribution in [0.25, 0.3) is 0 Å². The summed E-state index contributed by atoms with van der Waals surface area (Å²) >= 11 is 0. The highest BCUT2D eigenvalue weighted by molar-refractivity contribution is 5.48. The standard InChI is InChI=1S/C34H52/c1-8-25(3)34-28(6)18-20-30-12-10-9-11-13-32(30)23-33(34)19-15-24(2)14-16-27(5)31-21-17-26(4)29(7)22-31/h17,21-22,24,27,30,32H,3,6,8-16,18-20,23H2,1-2,4-5,7H3/b34-33-. The molecule has 4 atom stereocenters. The topological polar surface area (TPSA) is 0 Å². The van der Waals surface area contributed by atoms with E-state index in [1.807, 2.05) is 0 Å². The van der Waals surface area contributed by atoms with Gasteiger partial charge in [0.15, 0.2) is 0 Å². The average molecular weight is 461 g/mol. The van der Waals surface area contributed by atoms with E-state index in [9.17, 15) is 0 Å². The lowest BCUT2D eigenvalue weighted by Gasteiger charge is -2.32. The molecule has 188 valence electrons. The van der Waals surface area contributed by atoms with E-state index in [1.54, 1.807) is 5.57 Å². The molecule has 34 heavy (non-hydrogen) atoms. The molecule has 0 spiro atoms. The van der Waals surface area contributed by atoms with E-state index in [2.05, 4.69) is 66.0 Å². The fourth-order valence-corrected chi connectivity index (χ4v) is 6.50. The number of hydrogen-bond donors (Lipinski definition) is 0. The van der Waals surface area contributed by atoms with Crippen molar-refractivity contribution in [2.45, 2.75) is 124 Å². The summed E-state index contributed by atoms with van der Waals surface area (Å²) in [6.45, 7) is 20.7. The van der Waals surface area contributed by atoms with Crippen molar-refractivity contribution in [2.24, 2.45) is 17.8 Å². The second-order valence-electron chi connectivity index (χ2n) is 11.9. The van der Waals surface area contributed by atoms with Gasteiger partial charge in [-0.25, -0.2) is 0 Å². The summed E-state index contributed by atoms with van der Waals surface area (Å²) in [5.74, 6) is 3.22. The fraction of sp³-hybridized carbons (Fsp3) is 0.647. The van der Waals surface area contributed by atoms with Gasteiger partial charge >= 0.3 is 0 Å². The first kappa shape index (κ1) is 27.0. The molecule has 0 heterocycles. The van der Waals surface area contributed by atoms with Crippen LogP contribution < -0.4 is 0 Å². The minimum atomic E-state index is 0.643. The van der Waals surface area contributed by atoms with Crippen molar-refractivity contribution >= 4 is 0 Å². The highest BCUT2D eigenvalue weighted by Crippen LogP contribution is 2.43. The van der Waals surface area contributed by atoms with Gasteiger partial charge in [0.1, 0.15) is 0 Å². The molecule has 0 aromatic heterocycles. The summed E-state index contributed by atoms with van der Waals surface area (Å²) in [5, 5.41) is 0. The van der Waals surface area contributed by atoms with Crippen molar-refractivity contribution in [2.75, 3.05) is 0 Å². The first-order valence-electron chi connectivity index (χ1n) is 14.5. The summed E-state index contributed by atoms with van der Waals surface area (Å²) in [6.07, 6.45) is 17.3. The lowest BCUT2D eigenvalue weighted by atomic mass is 9.73. The van der Waals surface area contributed by atoms with Gasteiger partial charge in [-0.1, -0.05) is 89.8 Å². The Morgan fingerprint density at radius 3 is 2.38 bits per heavy atom. The molecule has 0 heteroatoms. The smallest absolute Gasteiger partial charge is 0.0190 e. The average Bonchev–Trinajstić information content (AvgIpc) is 3.04. The van der Waals surface area contributed by atoms with E-state index in [-0.39, 0.29) is 0 Å². The zero-order valence-electron chi connectivity index (χ0n) is 23.1. The van der Waals surface area contributed by atoms with E-state index in [0.29, 0.717) is 5.92 Å². The van der Waals surface area contributed by atoms with Crippen LogP contribution in [-0.4, -0.2) is 0 Å². The third kappa shape index (κ3) is 7.22. The Kier molecular flexibility index (Phi) is 10.3. The monoisotopic (exact) mass is 460 g/mol. The lowest BCUT2D eigenvalue weighted by molar-refractivity contribution is 0.285.